The van der Waals surface area contributed by atoms with Gasteiger partial charge in [0.05, 0.1) is 20.3 Å². The van der Waals surface area contributed by atoms with E-state index in [1.165, 1.54) is 5.57 Å². The molecule has 1 aromatic rings. The summed E-state index contributed by atoms with van der Waals surface area (Å²) >= 11 is 3.50. The number of aliphatic hydroxyl groups excluding tert-OH is 1. The Morgan fingerprint density at radius 2 is 2.00 bits per heavy atom. The first-order valence-electron chi connectivity index (χ1n) is 7.23. The van der Waals surface area contributed by atoms with Crippen LogP contribution < -0.4 is 9.47 Å². The fourth-order valence-electron chi connectivity index (χ4n) is 3.24. The molecule has 0 heterocycles. The topological polar surface area (TPSA) is 38.7 Å². The fraction of sp³-hybridized carbons (Fsp3) is 0.529. The standard InChI is InChI=1S/C17H23BrO3/c1-10-7-11(2)9-12(8-10)16(19)13-5-6-14(20-3)15(18)17(13)21-4/h5-7,10,12,16,19H,8-9H2,1-4H3. The Morgan fingerprint density at radius 1 is 1.29 bits per heavy atom. The van der Waals surface area contributed by atoms with Crippen molar-refractivity contribution in [2.45, 2.75) is 32.8 Å². The highest BCUT2D eigenvalue weighted by atomic mass is 79.9. The first kappa shape index (κ1) is 16.4. The van der Waals surface area contributed by atoms with E-state index in [-0.39, 0.29) is 5.92 Å². The molecule has 0 bridgehead atoms. The minimum absolute atomic E-state index is 0.221. The summed E-state index contributed by atoms with van der Waals surface area (Å²) in [4.78, 5) is 0. The van der Waals surface area contributed by atoms with E-state index in [1.54, 1.807) is 14.2 Å². The molecule has 3 unspecified atom stereocenters. The largest absolute Gasteiger partial charge is 0.495 e. The van der Waals surface area contributed by atoms with Gasteiger partial charge in [-0.1, -0.05) is 18.6 Å². The molecule has 0 radical (unpaired) electrons. The van der Waals surface area contributed by atoms with Crippen LogP contribution in [-0.4, -0.2) is 19.3 Å². The van der Waals surface area contributed by atoms with Gasteiger partial charge in [0.1, 0.15) is 16.0 Å². The van der Waals surface area contributed by atoms with E-state index in [0.29, 0.717) is 17.4 Å². The van der Waals surface area contributed by atoms with Crippen molar-refractivity contribution in [1.82, 2.24) is 0 Å². The molecule has 0 saturated heterocycles. The Labute approximate surface area is 135 Å². The zero-order chi connectivity index (χ0) is 15.6. The number of hydrogen-bond donors (Lipinski definition) is 1. The Hall–Kier alpha value is -1.00. The summed E-state index contributed by atoms with van der Waals surface area (Å²) in [5.41, 5.74) is 2.17. The Balaban J connectivity index is 2.33. The normalized spacial score (nSPS) is 23.4. The van der Waals surface area contributed by atoms with E-state index in [9.17, 15) is 5.11 Å². The summed E-state index contributed by atoms with van der Waals surface area (Å²) in [5, 5.41) is 10.8. The Bertz CT molecular complexity index is 539. The lowest BCUT2D eigenvalue weighted by Gasteiger charge is -2.30. The van der Waals surface area contributed by atoms with Gasteiger partial charge in [-0.3, -0.25) is 0 Å². The smallest absolute Gasteiger partial charge is 0.142 e. The SMILES string of the molecule is COc1ccc(C(O)C2CC(C)=CC(C)C2)c(OC)c1Br. The van der Waals surface area contributed by atoms with Gasteiger partial charge in [0.15, 0.2) is 0 Å². The minimum atomic E-state index is -0.534. The number of methoxy groups -OCH3 is 2. The molecule has 0 aliphatic heterocycles. The van der Waals surface area contributed by atoms with Crippen molar-refractivity contribution >= 4 is 15.9 Å². The first-order chi connectivity index (χ1) is 9.97. The molecule has 1 aromatic carbocycles. The van der Waals surface area contributed by atoms with Gasteiger partial charge in [0.2, 0.25) is 0 Å². The summed E-state index contributed by atoms with van der Waals surface area (Å²) in [6.07, 6.45) is 3.68. The van der Waals surface area contributed by atoms with Gasteiger partial charge in [-0.05, 0) is 59.7 Å². The van der Waals surface area contributed by atoms with E-state index in [4.69, 9.17) is 9.47 Å². The van der Waals surface area contributed by atoms with E-state index < -0.39 is 6.10 Å². The van der Waals surface area contributed by atoms with Crippen LogP contribution in [-0.2, 0) is 0 Å². The lowest BCUT2D eigenvalue weighted by atomic mass is 9.78. The number of ether oxygens (including phenoxy) is 2. The predicted molar refractivity (Wildman–Crippen MR) is 87.9 cm³/mol. The summed E-state index contributed by atoms with van der Waals surface area (Å²) < 4.78 is 11.5. The molecule has 1 N–H and O–H groups in total. The van der Waals surface area contributed by atoms with Crippen molar-refractivity contribution in [3.8, 4) is 11.5 Å². The molecule has 0 fully saturated rings. The van der Waals surface area contributed by atoms with Gasteiger partial charge in [-0.15, -0.1) is 0 Å². The monoisotopic (exact) mass is 354 g/mol. The van der Waals surface area contributed by atoms with Crippen LogP contribution in [0.15, 0.2) is 28.3 Å². The molecule has 2 rings (SSSR count). The third kappa shape index (κ3) is 3.43. The van der Waals surface area contributed by atoms with Crippen molar-refractivity contribution < 1.29 is 14.6 Å². The maximum absolute atomic E-state index is 10.8. The third-order valence-corrected chi connectivity index (χ3v) is 4.86. The Kier molecular flexibility index (Phi) is 5.33. The Morgan fingerprint density at radius 3 is 2.57 bits per heavy atom. The zero-order valence-electron chi connectivity index (χ0n) is 13.0. The zero-order valence-corrected chi connectivity index (χ0v) is 14.6. The first-order valence-corrected chi connectivity index (χ1v) is 8.03. The molecule has 1 aliphatic carbocycles. The van der Waals surface area contributed by atoms with Gasteiger partial charge < -0.3 is 14.6 Å². The van der Waals surface area contributed by atoms with E-state index in [2.05, 4.69) is 35.9 Å². The number of halogens is 1. The number of hydrogen-bond acceptors (Lipinski definition) is 3. The van der Waals surface area contributed by atoms with Crippen molar-refractivity contribution in [1.29, 1.82) is 0 Å². The third-order valence-electron chi connectivity index (χ3n) is 4.11. The number of allylic oxidation sites excluding steroid dienone is 2. The minimum Gasteiger partial charge on any atom is -0.495 e. The van der Waals surface area contributed by atoms with Gasteiger partial charge in [-0.25, -0.2) is 0 Å². The van der Waals surface area contributed by atoms with E-state index >= 15 is 0 Å². The summed E-state index contributed by atoms with van der Waals surface area (Å²) in [5.74, 6) is 2.09. The molecule has 0 aromatic heterocycles. The lowest BCUT2D eigenvalue weighted by molar-refractivity contribution is 0.0905. The molecular weight excluding hydrogens is 332 g/mol. The quantitative estimate of drug-likeness (QED) is 0.809. The van der Waals surface area contributed by atoms with Gasteiger partial charge in [-0.2, -0.15) is 0 Å². The highest BCUT2D eigenvalue weighted by molar-refractivity contribution is 9.10. The maximum atomic E-state index is 10.8. The molecular formula is C17H23BrO3. The van der Waals surface area contributed by atoms with Crippen molar-refractivity contribution in [3.63, 3.8) is 0 Å². The lowest BCUT2D eigenvalue weighted by Crippen LogP contribution is -2.20. The maximum Gasteiger partial charge on any atom is 0.142 e. The van der Waals surface area contributed by atoms with Crippen molar-refractivity contribution in [3.05, 3.63) is 33.8 Å². The van der Waals surface area contributed by atoms with Crippen molar-refractivity contribution in [2.24, 2.45) is 11.8 Å². The molecule has 116 valence electrons. The highest BCUT2D eigenvalue weighted by Gasteiger charge is 2.29. The number of rotatable bonds is 4. The number of aliphatic hydroxyl groups is 1. The van der Waals surface area contributed by atoms with Crippen LogP contribution in [0.2, 0.25) is 0 Å². The van der Waals surface area contributed by atoms with Crippen LogP contribution in [0, 0.1) is 11.8 Å². The second-order valence-corrected chi connectivity index (χ2v) is 6.63. The second-order valence-electron chi connectivity index (χ2n) is 5.84. The summed E-state index contributed by atoms with van der Waals surface area (Å²) in [6, 6.07) is 3.76. The fourth-order valence-corrected chi connectivity index (χ4v) is 3.93. The number of benzene rings is 1. The van der Waals surface area contributed by atoms with Crippen LogP contribution in [0.1, 0.15) is 38.4 Å². The van der Waals surface area contributed by atoms with Crippen LogP contribution in [0.5, 0.6) is 11.5 Å². The van der Waals surface area contributed by atoms with Gasteiger partial charge in [0.25, 0.3) is 0 Å². The molecule has 0 amide bonds. The molecule has 21 heavy (non-hydrogen) atoms. The predicted octanol–water partition coefficient (Wildman–Crippen LogP) is 4.49. The molecule has 1 aliphatic rings. The van der Waals surface area contributed by atoms with Crippen LogP contribution in [0.3, 0.4) is 0 Å². The van der Waals surface area contributed by atoms with Gasteiger partial charge in [0, 0.05) is 5.56 Å². The molecule has 4 heteroatoms. The molecule has 0 spiro atoms. The second kappa shape index (κ2) is 6.84. The van der Waals surface area contributed by atoms with E-state index in [0.717, 1.165) is 22.9 Å². The van der Waals surface area contributed by atoms with Crippen LogP contribution in [0.4, 0.5) is 0 Å². The van der Waals surface area contributed by atoms with Crippen LogP contribution in [0.25, 0.3) is 0 Å². The highest BCUT2D eigenvalue weighted by Crippen LogP contribution is 2.44. The van der Waals surface area contributed by atoms with Crippen LogP contribution >= 0.6 is 15.9 Å². The molecule has 3 atom stereocenters. The van der Waals surface area contributed by atoms with E-state index in [1.807, 2.05) is 12.1 Å². The summed E-state index contributed by atoms with van der Waals surface area (Å²) in [6.45, 7) is 4.33. The molecule has 0 saturated carbocycles. The summed E-state index contributed by atoms with van der Waals surface area (Å²) in [7, 11) is 3.23. The average Bonchev–Trinajstić information content (AvgIpc) is 2.45. The molecule has 3 nitrogen and oxygen atoms in total. The average molecular weight is 355 g/mol. The van der Waals surface area contributed by atoms with Crippen molar-refractivity contribution in [2.75, 3.05) is 14.2 Å². The van der Waals surface area contributed by atoms with Gasteiger partial charge >= 0.3 is 0 Å².